The lowest BCUT2D eigenvalue weighted by Gasteiger charge is -2.16. The molecule has 4 aromatic rings. The van der Waals surface area contributed by atoms with Gasteiger partial charge in [-0.2, -0.15) is 0 Å². The smallest absolute Gasteiger partial charge is 0.328 e. The van der Waals surface area contributed by atoms with Crippen molar-refractivity contribution in [3.63, 3.8) is 0 Å². The van der Waals surface area contributed by atoms with Crippen molar-refractivity contribution in [1.29, 1.82) is 0 Å². The molecule has 0 aliphatic carbocycles. The third kappa shape index (κ3) is 3.65. The number of imidazole rings is 1. The minimum absolute atomic E-state index is 0.0862. The van der Waals surface area contributed by atoms with E-state index >= 15 is 0 Å². The number of phenols is 1. The molecular weight excluding hydrogens is 382 g/mol. The van der Waals surface area contributed by atoms with Gasteiger partial charge in [0.15, 0.2) is 17.5 Å². The zero-order valence-corrected chi connectivity index (χ0v) is 16.2. The minimum Gasteiger partial charge on any atom is -0.508 e. The Labute approximate surface area is 172 Å². The summed E-state index contributed by atoms with van der Waals surface area (Å²) in [7, 11) is 0. The highest BCUT2D eigenvalue weighted by atomic mass is 16.5. The van der Waals surface area contributed by atoms with Gasteiger partial charge in [-0.15, -0.1) is 0 Å². The van der Waals surface area contributed by atoms with Crippen molar-refractivity contribution in [3.05, 3.63) is 71.3 Å². The number of nitrogens with one attached hydrogen (secondary N) is 2. The molecule has 30 heavy (non-hydrogen) atoms. The number of aromatic nitrogens is 4. The van der Waals surface area contributed by atoms with Crippen LogP contribution in [0.15, 0.2) is 65.6 Å². The van der Waals surface area contributed by atoms with E-state index in [9.17, 15) is 9.90 Å². The van der Waals surface area contributed by atoms with E-state index in [-0.39, 0.29) is 23.7 Å². The summed E-state index contributed by atoms with van der Waals surface area (Å²) >= 11 is 0. The second-order valence-electron chi connectivity index (χ2n) is 7.38. The molecule has 2 aromatic carbocycles. The Kier molecular flexibility index (Phi) is 4.68. The lowest BCUT2D eigenvalue weighted by molar-refractivity contribution is 0.179. The van der Waals surface area contributed by atoms with E-state index in [1.807, 2.05) is 30.3 Å². The molecule has 8 heteroatoms. The zero-order chi connectivity index (χ0) is 20.5. The van der Waals surface area contributed by atoms with Crippen LogP contribution in [0.2, 0.25) is 0 Å². The van der Waals surface area contributed by atoms with E-state index in [4.69, 9.17) is 4.74 Å². The van der Waals surface area contributed by atoms with Gasteiger partial charge in [-0.3, -0.25) is 14.9 Å². The molecule has 1 aliphatic rings. The second-order valence-corrected chi connectivity index (χ2v) is 7.38. The highest BCUT2D eigenvalue weighted by molar-refractivity contribution is 5.71. The molecule has 0 saturated carbocycles. The van der Waals surface area contributed by atoms with Crippen molar-refractivity contribution in [1.82, 2.24) is 24.8 Å². The molecule has 2 aromatic heterocycles. The molecule has 1 aliphatic heterocycles. The van der Waals surface area contributed by atoms with Gasteiger partial charge < -0.3 is 9.84 Å². The van der Waals surface area contributed by atoms with Gasteiger partial charge in [-0.1, -0.05) is 18.2 Å². The number of hydrogen-bond acceptors (Lipinski definition) is 6. The standard InChI is InChI=1S/C22H21N5O3/c28-16-9-6-14(7-10-16)18-12-23-20-21(25-18)27(22(29)26-20)13-15-8-11-19(24-15)30-17-4-2-1-3-5-17/h1-7,9-10,12,15,19,24,28H,8,11,13H2,(H,23,26,29). The second kappa shape index (κ2) is 7.64. The number of ether oxygens (including phenoxy) is 1. The Morgan fingerprint density at radius 1 is 1.10 bits per heavy atom. The molecule has 3 N–H and O–H groups in total. The Morgan fingerprint density at radius 2 is 1.90 bits per heavy atom. The molecular formula is C22H21N5O3. The van der Waals surface area contributed by atoms with Crippen molar-refractivity contribution >= 4 is 11.3 Å². The number of benzene rings is 2. The van der Waals surface area contributed by atoms with Crippen molar-refractivity contribution in [2.45, 2.75) is 31.7 Å². The van der Waals surface area contributed by atoms with Gasteiger partial charge in [0.1, 0.15) is 11.5 Å². The maximum atomic E-state index is 12.5. The average Bonchev–Trinajstić information content (AvgIpc) is 3.33. The fourth-order valence-electron chi connectivity index (χ4n) is 3.76. The van der Waals surface area contributed by atoms with Crippen LogP contribution in [-0.2, 0) is 6.54 Å². The molecule has 2 atom stereocenters. The average molecular weight is 403 g/mol. The van der Waals surface area contributed by atoms with Crippen LogP contribution < -0.4 is 15.7 Å². The lowest BCUT2D eigenvalue weighted by atomic mass is 10.1. The number of aromatic amines is 1. The zero-order valence-electron chi connectivity index (χ0n) is 16.2. The van der Waals surface area contributed by atoms with Crippen molar-refractivity contribution in [2.75, 3.05) is 0 Å². The fraction of sp³-hybridized carbons (Fsp3) is 0.227. The molecule has 0 spiro atoms. The maximum absolute atomic E-state index is 12.5. The van der Waals surface area contributed by atoms with E-state index in [2.05, 4.69) is 20.3 Å². The monoisotopic (exact) mass is 403 g/mol. The first-order valence-corrected chi connectivity index (χ1v) is 9.88. The van der Waals surface area contributed by atoms with Crippen LogP contribution in [0.4, 0.5) is 0 Å². The number of para-hydroxylation sites is 1. The predicted octanol–water partition coefficient (Wildman–Crippen LogP) is 2.65. The molecule has 8 nitrogen and oxygen atoms in total. The SMILES string of the molecule is O=c1[nH]c2ncc(-c3ccc(O)cc3)nc2n1CC1CCC(Oc2ccccc2)N1. The number of fused-ring (bicyclic) bond motifs is 1. The molecule has 0 bridgehead atoms. The first kappa shape index (κ1) is 18.4. The van der Waals surface area contributed by atoms with Gasteiger partial charge in [0.25, 0.3) is 0 Å². The molecule has 0 amide bonds. The first-order chi connectivity index (χ1) is 14.7. The van der Waals surface area contributed by atoms with Gasteiger partial charge in [-0.25, -0.2) is 14.8 Å². The topological polar surface area (TPSA) is 105 Å². The molecule has 1 saturated heterocycles. The third-order valence-corrected chi connectivity index (χ3v) is 5.27. The van der Waals surface area contributed by atoms with Crippen LogP contribution in [0.3, 0.4) is 0 Å². The normalized spacial score (nSPS) is 18.7. The fourth-order valence-corrected chi connectivity index (χ4v) is 3.76. The summed E-state index contributed by atoms with van der Waals surface area (Å²) in [6, 6.07) is 16.5. The molecule has 0 radical (unpaired) electrons. The van der Waals surface area contributed by atoms with Crippen LogP contribution in [0.25, 0.3) is 22.6 Å². The van der Waals surface area contributed by atoms with Crippen molar-refractivity contribution in [3.8, 4) is 22.8 Å². The van der Waals surface area contributed by atoms with Gasteiger partial charge in [0.2, 0.25) is 0 Å². The first-order valence-electron chi connectivity index (χ1n) is 9.88. The largest absolute Gasteiger partial charge is 0.508 e. The number of aromatic hydroxyl groups is 1. The summed E-state index contributed by atoms with van der Waals surface area (Å²) in [6.07, 6.45) is 3.28. The van der Waals surface area contributed by atoms with Crippen LogP contribution >= 0.6 is 0 Å². The number of H-pyrrole nitrogens is 1. The van der Waals surface area contributed by atoms with Crippen LogP contribution in [0.1, 0.15) is 12.8 Å². The predicted molar refractivity (Wildman–Crippen MR) is 112 cm³/mol. The summed E-state index contributed by atoms with van der Waals surface area (Å²) in [6.45, 7) is 0.473. The summed E-state index contributed by atoms with van der Waals surface area (Å²) in [4.78, 5) is 24.3. The summed E-state index contributed by atoms with van der Waals surface area (Å²) in [5, 5.41) is 12.9. The number of hydrogen-bond donors (Lipinski definition) is 3. The minimum atomic E-state index is -0.234. The number of nitrogens with zero attached hydrogens (tertiary/aromatic N) is 3. The quantitative estimate of drug-likeness (QED) is 0.473. The lowest BCUT2D eigenvalue weighted by Crippen LogP contribution is -2.37. The molecule has 1 fully saturated rings. The van der Waals surface area contributed by atoms with Gasteiger partial charge in [-0.05, 0) is 49.2 Å². The van der Waals surface area contributed by atoms with Crippen LogP contribution in [-0.4, -0.2) is 36.9 Å². The van der Waals surface area contributed by atoms with Gasteiger partial charge in [0.05, 0.1) is 11.9 Å². The van der Waals surface area contributed by atoms with E-state index in [1.165, 1.54) is 0 Å². The molecule has 152 valence electrons. The van der Waals surface area contributed by atoms with Crippen molar-refractivity contribution < 1.29 is 9.84 Å². The Morgan fingerprint density at radius 3 is 2.70 bits per heavy atom. The Bertz CT molecular complexity index is 1220. The van der Waals surface area contributed by atoms with Crippen LogP contribution in [0, 0.1) is 0 Å². The third-order valence-electron chi connectivity index (χ3n) is 5.27. The molecule has 5 rings (SSSR count). The van der Waals surface area contributed by atoms with Crippen molar-refractivity contribution in [2.24, 2.45) is 0 Å². The van der Waals surface area contributed by atoms with Gasteiger partial charge >= 0.3 is 5.69 Å². The number of phenolic OH excluding ortho intramolecular Hbond substituents is 1. The highest BCUT2D eigenvalue weighted by Crippen LogP contribution is 2.22. The Hall–Kier alpha value is -3.65. The summed E-state index contributed by atoms with van der Waals surface area (Å²) in [5.74, 6) is 1.01. The highest BCUT2D eigenvalue weighted by Gasteiger charge is 2.26. The van der Waals surface area contributed by atoms with Crippen LogP contribution in [0.5, 0.6) is 11.5 Å². The molecule has 3 heterocycles. The summed E-state index contributed by atoms with van der Waals surface area (Å²) < 4.78 is 7.59. The number of rotatable bonds is 5. The maximum Gasteiger partial charge on any atom is 0.328 e. The van der Waals surface area contributed by atoms with E-state index in [1.54, 1.807) is 35.0 Å². The van der Waals surface area contributed by atoms with E-state index in [0.717, 1.165) is 24.2 Å². The van der Waals surface area contributed by atoms with Gasteiger partial charge in [0, 0.05) is 18.2 Å². The molecule has 2 unspecified atom stereocenters. The Balaban J connectivity index is 1.36. The summed E-state index contributed by atoms with van der Waals surface area (Å²) in [5.41, 5.74) is 2.19. The van der Waals surface area contributed by atoms with E-state index in [0.29, 0.717) is 23.5 Å². The van der Waals surface area contributed by atoms with E-state index < -0.39 is 0 Å².